The summed E-state index contributed by atoms with van der Waals surface area (Å²) in [6, 6.07) is 3.47. The number of anilines is 2. The highest BCUT2D eigenvalue weighted by Crippen LogP contribution is 2.48. The Morgan fingerprint density at radius 3 is 2.43 bits per heavy atom. The quantitative estimate of drug-likeness (QED) is 0.696. The number of rotatable bonds is 4. The third kappa shape index (κ3) is 2.68. The Labute approximate surface area is 164 Å². The van der Waals surface area contributed by atoms with Gasteiger partial charge in [0.25, 0.3) is 5.56 Å². The predicted molar refractivity (Wildman–Crippen MR) is 105 cm³/mol. The summed E-state index contributed by atoms with van der Waals surface area (Å²) < 4.78 is 16.2. The second kappa shape index (κ2) is 6.79. The summed E-state index contributed by atoms with van der Waals surface area (Å²) >= 11 is 1.18. The van der Waals surface area contributed by atoms with Crippen molar-refractivity contribution in [2.45, 2.75) is 5.92 Å². The minimum atomic E-state index is -0.640. The van der Waals surface area contributed by atoms with Crippen LogP contribution in [0.5, 0.6) is 17.2 Å². The fourth-order valence-corrected chi connectivity index (χ4v) is 4.46. The van der Waals surface area contributed by atoms with Gasteiger partial charge in [-0.2, -0.15) is 4.98 Å². The first kappa shape index (κ1) is 18.2. The number of nitrogens with two attached hydrogens (primary N) is 1. The molecule has 1 atom stereocenters. The lowest BCUT2D eigenvalue weighted by molar-refractivity contribution is -0.107. The normalized spacial score (nSPS) is 17.7. The van der Waals surface area contributed by atoms with Gasteiger partial charge in [-0.25, -0.2) is 0 Å². The number of nitrogens with one attached hydrogen (secondary N) is 2. The van der Waals surface area contributed by atoms with Gasteiger partial charge in [0.1, 0.15) is 5.82 Å². The molecule has 4 N–H and O–H groups in total. The first-order chi connectivity index (χ1) is 13.5. The number of H-pyrrole nitrogens is 1. The molecule has 2 aliphatic heterocycles. The van der Waals surface area contributed by atoms with Crippen molar-refractivity contribution >= 4 is 28.6 Å². The van der Waals surface area contributed by atoms with Crippen molar-refractivity contribution < 1.29 is 19.0 Å². The third-order valence-corrected chi connectivity index (χ3v) is 5.65. The van der Waals surface area contributed by atoms with Crippen LogP contribution in [0.2, 0.25) is 0 Å². The van der Waals surface area contributed by atoms with Gasteiger partial charge in [-0.3, -0.25) is 14.6 Å². The molecule has 2 aromatic rings. The van der Waals surface area contributed by atoms with Crippen molar-refractivity contribution in [2.24, 2.45) is 0 Å². The molecule has 1 aromatic carbocycles. The number of hydrogen-bond acceptors (Lipinski definition) is 9. The van der Waals surface area contributed by atoms with Crippen molar-refractivity contribution in [1.82, 2.24) is 9.97 Å². The molecular formula is C18H18N4O5S. The number of aromatic amines is 1. The smallest absolute Gasteiger partial charge is 0.258 e. The molecule has 28 heavy (non-hydrogen) atoms. The van der Waals surface area contributed by atoms with Crippen molar-refractivity contribution in [3.8, 4) is 17.2 Å². The SMILES string of the molecule is COc1cc(C2C3=C(CSC3=O)Nc3nc(N)[nH]c(=O)c32)cc(OC)c1OC. The number of hydrogen-bond donors (Lipinski definition) is 3. The van der Waals surface area contributed by atoms with Crippen molar-refractivity contribution in [3.05, 3.63) is 44.9 Å². The number of methoxy groups -OCH3 is 3. The van der Waals surface area contributed by atoms with Gasteiger partial charge in [0.2, 0.25) is 16.8 Å². The van der Waals surface area contributed by atoms with Gasteiger partial charge in [-0.1, -0.05) is 11.8 Å². The number of benzene rings is 1. The minimum Gasteiger partial charge on any atom is -0.493 e. The molecule has 0 spiro atoms. The van der Waals surface area contributed by atoms with E-state index >= 15 is 0 Å². The first-order valence-electron chi connectivity index (χ1n) is 8.35. The fraction of sp³-hybridized carbons (Fsp3) is 0.278. The van der Waals surface area contributed by atoms with Gasteiger partial charge in [-0.15, -0.1) is 0 Å². The predicted octanol–water partition coefficient (Wildman–Crippen LogP) is 1.46. The van der Waals surface area contributed by atoms with Gasteiger partial charge in [0.15, 0.2) is 11.5 Å². The molecule has 0 fully saturated rings. The standard InChI is InChI=1S/C18H18N4O5S/c1-25-9-4-7(5-10(26-2)14(9)27-3)11-12-8(6-28-17(12)24)20-15-13(11)16(23)22-18(19)21-15/h4-5,11H,6H2,1-3H3,(H4,19,20,21,22,23). The van der Waals surface area contributed by atoms with E-state index in [4.69, 9.17) is 19.9 Å². The topological polar surface area (TPSA) is 129 Å². The molecule has 2 aliphatic rings. The number of nitrogen functional groups attached to an aromatic ring is 1. The van der Waals surface area contributed by atoms with Crippen LogP contribution in [0, 0.1) is 0 Å². The number of ether oxygens (including phenoxy) is 3. The number of carbonyl (C=O) groups is 1. The number of nitrogens with zero attached hydrogens (tertiary/aromatic N) is 1. The van der Waals surface area contributed by atoms with Gasteiger partial charge < -0.3 is 25.3 Å². The zero-order valence-corrected chi connectivity index (χ0v) is 16.2. The Balaban J connectivity index is 2.01. The van der Waals surface area contributed by atoms with Crippen LogP contribution in [-0.2, 0) is 4.79 Å². The van der Waals surface area contributed by atoms with Gasteiger partial charge in [0, 0.05) is 22.9 Å². The van der Waals surface area contributed by atoms with Crippen molar-refractivity contribution in [1.29, 1.82) is 0 Å². The third-order valence-electron chi connectivity index (χ3n) is 4.73. The zero-order valence-electron chi connectivity index (χ0n) is 15.4. The second-order valence-corrected chi connectivity index (χ2v) is 7.15. The molecule has 0 bridgehead atoms. The summed E-state index contributed by atoms with van der Waals surface area (Å²) in [6.45, 7) is 0. The average Bonchev–Trinajstić information content (AvgIpc) is 3.05. The highest BCUT2D eigenvalue weighted by Gasteiger charge is 2.40. The van der Waals surface area contributed by atoms with E-state index in [1.807, 2.05) is 0 Å². The highest BCUT2D eigenvalue weighted by molar-refractivity contribution is 8.14. The molecule has 0 amide bonds. The van der Waals surface area contributed by atoms with E-state index in [2.05, 4.69) is 15.3 Å². The van der Waals surface area contributed by atoms with Crippen LogP contribution in [0.1, 0.15) is 17.0 Å². The summed E-state index contributed by atoms with van der Waals surface area (Å²) in [5.74, 6) is 1.46. The lowest BCUT2D eigenvalue weighted by Crippen LogP contribution is -2.29. The Morgan fingerprint density at radius 1 is 1.14 bits per heavy atom. The van der Waals surface area contributed by atoms with E-state index < -0.39 is 11.5 Å². The summed E-state index contributed by atoms with van der Waals surface area (Å²) in [5, 5.41) is 3.00. The molecule has 0 aliphatic carbocycles. The molecule has 9 nitrogen and oxygen atoms in total. The van der Waals surface area contributed by atoms with Crippen LogP contribution in [0.15, 0.2) is 28.2 Å². The molecule has 4 rings (SSSR count). The van der Waals surface area contributed by atoms with Crippen LogP contribution < -0.4 is 30.8 Å². The summed E-state index contributed by atoms with van der Waals surface area (Å²) in [4.78, 5) is 32.1. The summed E-state index contributed by atoms with van der Waals surface area (Å²) in [7, 11) is 4.52. The fourth-order valence-electron chi connectivity index (χ4n) is 3.56. The summed E-state index contributed by atoms with van der Waals surface area (Å²) in [6.07, 6.45) is 0. The maximum absolute atomic E-state index is 12.8. The molecule has 0 radical (unpaired) electrons. The first-order valence-corrected chi connectivity index (χ1v) is 9.33. The van der Waals surface area contributed by atoms with E-state index in [-0.39, 0.29) is 11.1 Å². The van der Waals surface area contributed by atoms with Crippen LogP contribution in [0.3, 0.4) is 0 Å². The molecule has 3 heterocycles. The Morgan fingerprint density at radius 2 is 1.82 bits per heavy atom. The lowest BCUT2D eigenvalue weighted by Gasteiger charge is -2.27. The number of thioether (sulfide) groups is 1. The maximum atomic E-state index is 12.8. The van der Waals surface area contributed by atoms with E-state index in [1.165, 1.54) is 33.1 Å². The van der Waals surface area contributed by atoms with E-state index in [1.54, 1.807) is 12.1 Å². The van der Waals surface area contributed by atoms with Gasteiger partial charge >= 0.3 is 0 Å². The summed E-state index contributed by atoms with van der Waals surface area (Å²) in [5.41, 5.74) is 7.50. The second-order valence-electron chi connectivity index (χ2n) is 6.20. The van der Waals surface area contributed by atoms with Crippen LogP contribution in [0.4, 0.5) is 11.8 Å². The van der Waals surface area contributed by atoms with Crippen LogP contribution in [0.25, 0.3) is 0 Å². The monoisotopic (exact) mass is 402 g/mol. The highest BCUT2D eigenvalue weighted by atomic mass is 32.2. The largest absolute Gasteiger partial charge is 0.493 e. The van der Waals surface area contributed by atoms with Crippen LogP contribution in [-0.4, -0.2) is 42.2 Å². The van der Waals surface area contributed by atoms with E-state index in [9.17, 15) is 9.59 Å². The Bertz CT molecular complexity index is 1050. The molecule has 146 valence electrons. The minimum absolute atomic E-state index is 0.000851. The number of fused-ring (bicyclic) bond motifs is 1. The number of carbonyl (C=O) groups excluding carboxylic acids is 1. The molecule has 0 saturated heterocycles. The van der Waals surface area contributed by atoms with E-state index in [0.717, 1.165) is 5.70 Å². The Kier molecular flexibility index (Phi) is 4.42. The van der Waals surface area contributed by atoms with E-state index in [0.29, 0.717) is 45.5 Å². The molecule has 10 heteroatoms. The molecule has 1 aromatic heterocycles. The molecule has 0 saturated carbocycles. The van der Waals surface area contributed by atoms with Gasteiger partial charge in [-0.05, 0) is 17.7 Å². The average molecular weight is 402 g/mol. The lowest BCUT2D eigenvalue weighted by atomic mass is 9.82. The maximum Gasteiger partial charge on any atom is 0.258 e. The zero-order chi connectivity index (χ0) is 20.0. The molecule has 1 unspecified atom stereocenters. The van der Waals surface area contributed by atoms with Crippen LogP contribution >= 0.6 is 11.8 Å². The number of aromatic nitrogens is 2. The van der Waals surface area contributed by atoms with Gasteiger partial charge in [0.05, 0.1) is 26.9 Å². The Hall–Kier alpha value is -3.14. The van der Waals surface area contributed by atoms with Crippen molar-refractivity contribution in [2.75, 3.05) is 38.1 Å². The van der Waals surface area contributed by atoms with Crippen molar-refractivity contribution in [3.63, 3.8) is 0 Å². The molecular weight excluding hydrogens is 384 g/mol.